The van der Waals surface area contributed by atoms with Crippen LogP contribution in [0.3, 0.4) is 0 Å². The summed E-state index contributed by atoms with van der Waals surface area (Å²) in [5, 5.41) is 6.14. The van der Waals surface area contributed by atoms with Crippen molar-refractivity contribution in [1.29, 1.82) is 0 Å². The Morgan fingerprint density at radius 3 is 2.75 bits per heavy atom. The molecule has 0 aromatic carbocycles. The van der Waals surface area contributed by atoms with Gasteiger partial charge in [-0.15, -0.1) is 0 Å². The quantitative estimate of drug-likeness (QED) is 0.762. The number of aldehydes is 1. The number of aryl methyl sites for hydroxylation is 2. The third kappa shape index (κ3) is 2.30. The summed E-state index contributed by atoms with van der Waals surface area (Å²) in [7, 11) is 1.90. The molecule has 0 bridgehead atoms. The average Bonchev–Trinajstić information content (AvgIpc) is 2.59. The smallest absolute Gasteiger partial charge is 0.151 e. The van der Waals surface area contributed by atoms with Gasteiger partial charge in [-0.25, -0.2) is 4.98 Å². The molecule has 0 radical (unpaired) electrons. The molecule has 0 aliphatic carbocycles. The molecule has 0 saturated heterocycles. The van der Waals surface area contributed by atoms with Crippen molar-refractivity contribution in [3.63, 3.8) is 0 Å². The molecular weight excluding hydrogens is 222 g/mol. The summed E-state index contributed by atoms with van der Waals surface area (Å²) >= 11 is 1.53. The van der Waals surface area contributed by atoms with Gasteiger partial charge < -0.3 is 0 Å². The van der Waals surface area contributed by atoms with E-state index in [9.17, 15) is 4.79 Å². The minimum absolute atomic E-state index is 0.588. The van der Waals surface area contributed by atoms with Gasteiger partial charge in [-0.2, -0.15) is 5.10 Å². The van der Waals surface area contributed by atoms with Crippen molar-refractivity contribution in [2.75, 3.05) is 0 Å². The molecule has 0 amide bonds. The first-order valence-corrected chi connectivity index (χ1v) is 5.60. The summed E-state index contributed by atoms with van der Waals surface area (Å²) in [5.41, 5.74) is 1.57. The number of pyridine rings is 1. The standard InChI is InChI=1S/C11H11N3OS/c1-8-5-11(14(2)13-8)16-10-4-3-9(7-15)6-12-10/h3-7H,1-2H3. The molecule has 16 heavy (non-hydrogen) atoms. The van der Waals surface area contributed by atoms with E-state index in [0.29, 0.717) is 5.56 Å². The molecule has 0 unspecified atom stereocenters. The molecular formula is C11H11N3OS. The first-order chi connectivity index (χ1) is 7.69. The van der Waals surface area contributed by atoms with Gasteiger partial charge in [0, 0.05) is 18.8 Å². The zero-order chi connectivity index (χ0) is 11.5. The molecule has 0 fully saturated rings. The van der Waals surface area contributed by atoms with Gasteiger partial charge in [0.2, 0.25) is 0 Å². The number of nitrogens with zero attached hydrogens (tertiary/aromatic N) is 3. The van der Waals surface area contributed by atoms with Crippen LogP contribution in [0, 0.1) is 6.92 Å². The van der Waals surface area contributed by atoms with Crippen molar-refractivity contribution in [2.45, 2.75) is 17.0 Å². The van der Waals surface area contributed by atoms with E-state index in [1.165, 1.54) is 11.8 Å². The third-order valence-corrected chi connectivity index (χ3v) is 3.11. The Kier molecular flexibility index (Phi) is 3.05. The van der Waals surface area contributed by atoms with E-state index in [4.69, 9.17) is 0 Å². The summed E-state index contributed by atoms with van der Waals surface area (Å²) < 4.78 is 1.81. The fourth-order valence-corrected chi connectivity index (χ4v) is 2.17. The third-order valence-electron chi connectivity index (χ3n) is 2.06. The summed E-state index contributed by atoms with van der Waals surface area (Å²) in [4.78, 5) is 14.7. The van der Waals surface area contributed by atoms with Crippen LogP contribution in [-0.2, 0) is 7.05 Å². The number of rotatable bonds is 3. The predicted molar refractivity (Wildman–Crippen MR) is 61.7 cm³/mol. The zero-order valence-corrected chi connectivity index (χ0v) is 9.86. The van der Waals surface area contributed by atoms with Crippen LogP contribution in [0.25, 0.3) is 0 Å². The predicted octanol–water partition coefficient (Wildman–Crippen LogP) is 2.09. The van der Waals surface area contributed by atoms with Gasteiger partial charge in [0.05, 0.1) is 5.69 Å². The maximum absolute atomic E-state index is 10.5. The second kappa shape index (κ2) is 4.49. The Labute approximate surface area is 97.7 Å². The largest absolute Gasteiger partial charge is 0.298 e. The lowest BCUT2D eigenvalue weighted by Gasteiger charge is -2.00. The Bertz CT molecular complexity index is 504. The van der Waals surface area contributed by atoms with E-state index in [1.54, 1.807) is 12.3 Å². The van der Waals surface area contributed by atoms with Gasteiger partial charge in [0.1, 0.15) is 10.1 Å². The van der Waals surface area contributed by atoms with Crippen molar-refractivity contribution in [3.05, 3.63) is 35.7 Å². The lowest BCUT2D eigenvalue weighted by molar-refractivity contribution is 0.112. The minimum Gasteiger partial charge on any atom is -0.298 e. The minimum atomic E-state index is 0.588. The molecule has 2 aromatic heterocycles. The highest BCUT2D eigenvalue weighted by Crippen LogP contribution is 2.25. The Morgan fingerprint density at radius 1 is 1.44 bits per heavy atom. The molecule has 82 valence electrons. The Balaban J connectivity index is 2.20. The number of carbonyl (C=O) groups excluding carboxylic acids is 1. The first-order valence-electron chi connectivity index (χ1n) is 4.79. The van der Waals surface area contributed by atoms with Gasteiger partial charge in [-0.05, 0) is 25.1 Å². The van der Waals surface area contributed by atoms with E-state index < -0.39 is 0 Å². The van der Waals surface area contributed by atoms with E-state index in [-0.39, 0.29) is 0 Å². The van der Waals surface area contributed by atoms with E-state index >= 15 is 0 Å². The second-order valence-electron chi connectivity index (χ2n) is 3.40. The van der Waals surface area contributed by atoms with Crippen LogP contribution in [0.2, 0.25) is 0 Å². The van der Waals surface area contributed by atoms with Crippen molar-refractivity contribution in [1.82, 2.24) is 14.8 Å². The van der Waals surface area contributed by atoms with Crippen LogP contribution in [0.4, 0.5) is 0 Å². The number of hydrogen-bond acceptors (Lipinski definition) is 4. The Morgan fingerprint density at radius 2 is 2.25 bits per heavy atom. The molecule has 0 saturated carbocycles. The van der Waals surface area contributed by atoms with Gasteiger partial charge in [-0.1, -0.05) is 11.8 Å². The molecule has 2 aromatic rings. The highest BCUT2D eigenvalue weighted by atomic mass is 32.2. The summed E-state index contributed by atoms with van der Waals surface area (Å²) in [6.07, 6.45) is 2.36. The van der Waals surface area contributed by atoms with E-state index in [1.807, 2.05) is 30.8 Å². The van der Waals surface area contributed by atoms with E-state index in [0.717, 1.165) is 22.0 Å². The lowest BCUT2D eigenvalue weighted by Crippen LogP contribution is -1.92. The molecule has 0 N–H and O–H groups in total. The fourth-order valence-electron chi connectivity index (χ4n) is 1.31. The highest BCUT2D eigenvalue weighted by Gasteiger charge is 2.05. The Hall–Kier alpha value is -1.62. The molecule has 2 heterocycles. The topological polar surface area (TPSA) is 47.8 Å². The summed E-state index contributed by atoms with van der Waals surface area (Å²) in [5.74, 6) is 0. The number of aromatic nitrogens is 3. The lowest BCUT2D eigenvalue weighted by atomic mass is 10.3. The first kappa shape index (κ1) is 10.9. The molecule has 4 nitrogen and oxygen atoms in total. The highest BCUT2D eigenvalue weighted by molar-refractivity contribution is 7.99. The van der Waals surface area contributed by atoms with Crippen molar-refractivity contribution in [3.8, 4) is 0 Å². The van der Waals surface area contributed by atoms with Crippen LogP contribution in [-0.4, -0.2) is 21.1 Å². The summed E-state index contributed by atoms with van der Waals surface area (Å²) in [6.45, 7) is 1.95. The van der Waals surface area contributed by atoms with Crippen LogP contribution < -0.4 is 0 Å². The molecule has 0 aliphatic heterocycles. The molecule has 5 heteroatoms. The van der Waals surface area contributed by atoms with Crippen molar-refractivity contribution < 1.29 is 4.79 Å². The van der Waals surface area contributed by atoms with Crippen molar-refractivity contribution in [2.24, 2.45) is 7.05 Å². The summed E-state index contributed by atoms with van der Waals surface area (Å²) in [6, 6.07) is 5.59. The van der Waals surface area contributed by atoms with E-state index in [2.05, 4.69) is 10.1 Å². The van der Waals surface area contributed by atoms with Crippen LogP contribution in [0.5, 0.6) is 0 Å². The van der Waals surface area contributed by atoms with Crippen LogP contribution in [0.15, 0.2) is 34.4 Å². The molecule has 0 aliphatic rings. The fraction of sp³-hybridized carbons (Fsp3) is 0.182. The van der Waals surface area contributed by atoms with Crippen molar-refractivity contribution >= 4 is 18.0 Å². The zero-order valence-electron chi connectivity index (χ0n) is 9.04. The second-order valence-corrected chi connectivity index (χ2v) is 4.44. The average molecular weight is 233 g/mol. The van der Waals surface area contributed by atoms with Gasteiger partial charge in [0.15, 0.2) is 6.29 Å². The molecule has 0 spiro atoms. The van der Waals surface area contributed by atoms with Gasteiger partial charge in [0.25, 0.3) is 0 Å². The molecule has 0 atom stereocenters. The van der Waals surface area contributed by atoms with Crippen LogP contribution >= 0.6 is 11.8 Å². The maximum Gasteiger partial charge on any atom is 0.151 e. The molecule has 2 rings (SSSR count). The van der Waals surface area contributed by atoms with Gasteiger partial charge >= 0.3 is 0 Å². The normalized spacial score (nSPS) is 10.4. The SMILES string of the molecule is Cc1cc(Sc2ccc(C=O)cn2)n(C)n1. The van der Waals surface area contributed by atoms with Gasteiger partial charge in [-0.3, -0.25) is 9.48 Å². The maximum atomic E-state index is 10.5. The van der Waals surface area contributed by atoms with Crippen LogP contribution in [0.1, 0.15) is 16.1 Å². The number of carbonyl (C=O) groups is 1. The monoisotopic (exact) mass is 233 g/mol. The number of hydrogen-bond donors (Lipinski definition) is 0.